The summed E-state index contributed by atoms with van der Waals surface area (Å²) in [5, 5.41) is 10.7. The van der Waals surface area contributed by atoms with Crippen molar-refractivity contribution in [2.75, 3.05) is 0 Å². The van der Waals surface area contributed by atoms with E-state index in [0.717, 1.165) is 12.8 Å². The third-order valence-electron chi connectivity index (χ3n) is 0.884. The molecule has 1 aliphatic heterocycles. The highest BCUT2D eigenvalue weighted by Gasteiger charge is 1.96. The van der Waals surface area contributed by atoms with Gasteiger partial charge in [-0.15, -0.1) is 0 Å². The van der Waals surface area contributed by atoms with E-state index in [-0.39, 0.29) is 0 Å². The van der Waals surface area contributed by atoms with E-state index in [1.54, 1.807) is 6.20 Å². The molecule has 0 unspecified atom stereocenters. The van der Waals surface area contributed by atoms with Crippen LogP contribution < -0.4 is 5.32 Å². The quantitative estimate of drug-likeness (QED) is 0.463. The molecule has 0 aromatic rings. The molecule has 7 heavy (non-hydrogen) atoms. The van der Waals surface area contributed by atoms with Crippen molar-refractivity contribution in [1.82, 2.24) is 5.32 Å². The van der Waals surface area contributed by atoms with E-state index in [9.17, 15) is 0 Å². The molecule has 1 N–H and O–H groups in total. The van der Waals surface area contributed by atoms with Crippen LogP contribution in [0.1, 0.15) is 12.8 Å². The second kappa shape index (κ2) is 1.78. The molecule has 1 aliphatic rings. The summed E-state index contributed by atoms with van der Waals surface area (Å²) in [6.45, 7) is 0. The van der Waals surface area contributed by atoms with Crippen LogP contribution in [0.3, 0.4) is 0 Å². The van der Waals surface area contributed by atoms with E-state index in [4.69, 9.17) is 5.41 Å². The van der Waals surface area contributed by atoms with Gasteiger partial charge in [-0.2, -0.15) is 0 Å². The summed E-state index contributed by atoms with van der Waals surface area (Å²) in [6.07, 6.45) is 5.46. The standard InChI is InChI=1S/C5H7N2/c6-5-3-1-2-4-7-5/h2,4,6H,1,3H2. The van der Waals surface area contributed by atoms with Crippen molar-refractivity contribution in [3.63, 3.8) is 0 Å². The molecule has 0 bridgehead atoms. The predicted octanol–water partition coefficient (Wildman–Crippen LogP) is 0.876. The zero-order chi connectivity index (χ0) is 5.11. The first-order valence-electron chi connectivity index (χ1n) is 2.33. The van der Waals surface area contributed by atoms with Gasteiger partial charge in [0.1, 0.15) is 5.84 Å². The summed E-state index contributed by atoms with van der Waals surface area (Å²) in [6, 6.07) is 0. The number of hydrogen-bond acceptors (Lipinski definition) is 1. The van der Waals surface area contributed by atoms with Crippen LogP contribution in [0.25, 0.3) is 0 Å². The SMILES string of the molecule is N=C1CCC=C[N]1. The van der Waals surface area contributed by atoms with E-state index in [1.807, 2.05) is 6.08 Å². The fourth-order valence-corrected chi connectivity index (χ4v) is 0.502. The molecule has 0 fully saturated rings. The molecular formula is C5H7N2. The Bertz CT molecular complexity index is 105. The predicted molar refractivity (Wildman–Crippen MR) is 28.2 cm³/mol. The van der Waals surface area contributed by atoms with Crippen LogP contribution in [0, 0.1) is 5.41 Å². The molecule has 0 saturated heterocycles. The van der Waals surface area contributed by atoms with E-state index in [2.05, 4.69) is 5.32 Å². The van der Waals surface area contributed by atoms with Crippen molar-refractivity contribution in [3.8, 4) is 0 Å². The van der Waals surface area contributed by atoms with Crippen LogP contribution in [0.15, 0.2) is 12.3 Å². The van der Waals surface area contributed by atoms with Crippen LogP contribution in [0.5, 0.6) is 0 Å². The Hall–Kier alpha value is -0.790. The summed E-state index contributed by atoms with van der Waals surface area (Å²) >= 11 is 0. The van der Waals surface area contributed by atoms with Gasteiger partial charge >= 0.3 is 0 Å². The maximum Gasteiger partial charge on any atom is 0.120 e. The Kier molecular flexibility index (Phi) is 1.11. The van der Waals surface area contributed by atoms with Crippen molar-refractivity contribution in [2.45, 2.75) is 12.8 Å². The average Bonchev–Trinajstić information content (AvgIpc) is 1.69. The van der Waals surface area contributed by atoms with Crippen LogP contribution >= 0.6 is 0 Å². The topological polar surface area (TPSA) is 38.0 Å². The molecule has 0 aromatic heterocycles. The molecule has 0 aliphatic carbocycles. The number of nitrogens with one attached hydrogen (secondary N) is 1. The number of nitrogens with zero attached hydrogens (tertiary/aromatic N) is 1. The molecule has 0 atom stereocenters. The molecule has 2 heteroatoms. The molecule has 0 amide bonds. The summed E-state index contributed by atoms with van der Waals surface area (Å²) in [4.78, 5) is 0. The van der Waals surface area contributed by atoms with Crippen molar-refractivity contribution >= 4 is 5.84 Å². The second-order valence-corrected chi connectivity index (χ2v) is 1.50. The Balaban J connectivity index is 2.47. The highest BCUT2D eigenvalue weighted by molar-refractivity contribution is 5.80. The first-order chi connectivity index (χ1) is 3.39. The molecule has 2 nitrogen and oxygen atoms in total. The Morgan fingerprint density at radius 3 is 2.86 bits per heavy atom. The van der Waals surface area contributed by atoms with Crippen LogP contribution in [-0.4, -0.2) is 5.84 Å². The van der Waals surface area contributed by atoms with Gasteiger partial charge in [0.15, 0.2) is 0 Å². The molecule has 0 aromatic carbocycles. The lowest BCUT2D eigenvalue weighted by molar-refractivity contribution is 0.961. The van der Waals surface area contributed by atoms with Gasteiger partial charge in [0, 0.05) is 12.6 Å². The van der Waals surface area contributed by atoms with Gasteiger partial charge in [-0.3, -0.25) is 5.41 Å². The number of amidine groups is 1. The lowest BCUT2D eigenvalue weighted by atomic mass is 10.2. The summed E-state index contributed by atoms with van der Waals surface area (Å²) < 4.78 is 0. The van der Waals surface area contributed by atoms with E-state index < -0.39 is 0 Å². The third-order valence-corrected chi connectivity index (χ3v) is 0.884. The largest absolute Gasteiger partial charge is 0.287 e. The van der Waals surface area contributed by atoms with Gasteiger partial charge in [0.2, 0.25) is 0 Å². The fourth-order valence-electron chi connectivity index (χ4n) is 0.502. The van der Waals surface area contributed by atoms with E-state index >= 15 is 0 Å². The van der Waals surface area contributed by atoms with Gasteiger partial charge in [-0.1, -0.05) is 6.08 Å². The Morgan fingerprint density at radius 2 is 2.57 bits per heavy atom. The molecule has 37 valence electrons. The van der Waals surface area contributed by atoms with Crippen molar-refractivity contribution < 1.29 is 0 Å². The van der Waals surface area contributed by atoms with Gasteiger partial charge in [-0.05, 0) is 6.42 Å². The van der Waals surface area contributed by atoms with E-state index in [0.29, 0.717) is 5.84 Å². The highest BCUT2D eigenvalue weighted by Crippen LogP contribution is 1.96. The lowest BCUT2D eigenvalue weighted by Crippen LogP contribution is -2.10. The van der Waals surface area contributed by atoms with Gasteiger partial charge in [0.25, 0.3) is 0 Å². The minimum atomic E-state index is 0.502. The summed E-state index contributed by atoms with van der Waals surface area (Å²) in [5.41, 5.74) is 0. The average molecular weight is 95.1 g/mol. The van der Waals surface area contributed by atoms with Crippen LogP contribution in [-0.2, 0) is 0 Å². The minimum absolute atomic E-state index is 0.502. The van der Waals surface area contributed by atoms with Crippen LogP contribution in [0.4, 0.5) is 0 Å². The summed E-state index contributed by atoms with van der Waals surface area (Å²) in [7, 11) is 0. The van der Waals surface area contributed by atoms with Crippen molar-refractivity contribution in [2.24, 2.45) is 0 Å². The van der Waals surface area contributed by atoms with Crippen molar-refractivity contribution in [1.29, 1.82) is 5.41 Å². The molecular weight excluding hydrogens is 88.1 g/mol. The third kappa shape index (κ3) is 1.03. The second-order valence-electron chi connectivity index (χ2n) is 1.50. The van der Waals surface area contributed by atoms with Gasteiger partial charge in [0.05, 0.1) is 0 Å². The number of hydrogen-bond donors (Lipinski definition) is 1. The summed E-state index contributed by atoms with van der Waals surface area (Å²) in [5.74, 6) is 0.502. The maximum absolute atomic E-state index is 6.97. The Labute approximate surface area is 42.7 Å². The molecule has 1 rings (SSSR count). The fraction of sp³-hybridized carbons (Fsp3) is 0.400. The number of allylic oxidation sites excluding steroid dienone is 1. The van der Waals surface area contributed by atoms with E-state index in [1.165, 1.54) is 0 Å². The molecule has 1 heterocycles. The highest BCUT2D eigenvalue weighted by atomic mass is 14.9. The molecule has 0 saturated carbocycles. The first kappa shape index (κ1) is 4.37. The molecule has 0 spiro atoms. The normalized spacial score (nSPS) is 19.1. The zero-order valence-electron chi connectivity index (χ0n) is 4.02. The Morgan fingerprint density at radius 1 is 1.71 bits per heavy atom. The monoisotopic (exact) mass is 95.1 g/mol. The molecule has 1 radical (unpaired) electrons. The minimum Gasteiger partial charge on any atom is -0.287 e. The van der Waals surface area contributed by atoms with Gasteiger partial charge in [-0.25, -0.2) is 5.32 Å². The maximum atomic E-state index is 6.97. The van der Waals surface area contributed by atoms with Crippen LogP contribution in [0.2, 0.25) is 0 Å². The van der Waals surface area contributed by atoms with Gasteiger partial charge < -0.3 is 0 Å². The zero-order valence-corrected chi connectivity index (χ0v) is 4.02. The first-order valence-corrected chi connectivity index (χ1v) is 2.33. The smallest absolute Gasteiger partial charge is 0.120 e. The lowest BCUT2D eigenvalue weighted by Gasteiger charge is -2.01. The van der Waals surface area contributed by atoms with Crippen molar-refractivity contribution in [3.05, 3.63) is 12.3 Å². The number of rotatable bonds is 0.